The van der Waals surface area contributed by atoms with Gasteiger partial charge in [-0.05, 0) is 54.5 Å². The second kappa shape index (κ2) is 12.4. The highest BCUT2D eigenvalue weighted by Gasteiger charge is 2.30. The maximum atomic E-state index is 13.5. The number of benzene rings is 2. The Balaban J connectivity index is 2.28. The number of para-hydroxylation sites is 1. The molecule has 0 aliphatic rings. The lowest BCUT2D eigenvalue weighted by Crippen LogP contribution is -2.51. The molecule has 0 aliphatic heterocycles. The molecule has 2 unspecified atom stereocenters. The van der Waals surface area contributed by atoms with E-state index < -0.39 is 6.04 Å². The lowest BCUT2D eigenvalue weighted by molar-refractivity contribution is -0.143. The Morgan fingerprint density at radius 3 is 2.21 bits per heavy atom. The summed E-state index contributed by atoms with van der Waals surface area (Å²) < 4.78 is 11.3. The van der Waals surface area contributed by atoms with Crippen LogP contribution < -0.4 is 14.8 Å². The van der Waals surface area contributed by atoms with Gasteiger partial charge in [0.05, 0.1) is 7.11 Å². The van der Waals surface area contributed by atoms with E-state index in [1.165, 1.54) is 0 Å². The van der Waals surface area contributed by atoms with Gasteiger partial charge in [-0.15, -0.1) is 0 Å². The summed E-state index contributed by atoms with van der Waals surface area (Å²) in [7, 11) is 1.62. The molecule has 2 atom stereocenters. The van der Waals surface area contributed by atoms with Crippen molar-refractivity contribution in [3.05, 3.63) is 59.7 Å². The molecule has 2 rings (SSSR count). The third-order valence-electron chi connectivity index (χ3n) is 5.95. The lowest BCUT2D eigenvalue weighted by atomic mass is 9.86. The van der Waals surface area contributed by atoms with E-state index in [2.05, 4.69) is 26.1 Å². The minimum absolute atomic E-state index is 0.0365. The van der Waals surface area contributed by atoms with Crippen LogP contribution in [0, 0.1) is 0 Å². The van der Waals surface area contributed by atoms with Crippen LogP contribution in [0.4, 0.5) is 0 Å². The van der Waals surface area contributed by atoms with Crippen LogP contribution in [-0.2, 0) is 21.5 Å². The molecule has 0 radical (unpaired) electrons. The predicted octanol–water partition coefficient (Wildman–Crippen LogP) is 5.09. The summed E-state index contributed by atoms with van der Waals surface area (Å²) in [4.78, 5) is 28.2. The summed E-state index contributed by atoms with van der Waals surface area (Å²) in [5.74, 6) is 1.05. The van der Waals surface area contributed by atoms with E-state index in [0.717, 1.165) is 23.3 Å². The molecule has 186 valence electrons. The number of rotatable bonds is 11. The van der Waals surface area contributed by atoms with Crippen molar-refractivity contribution < 1.29 is 19.1 Å². The van der Waals surface area contributed by atoms with E-state index in [9.17, 15) is 9.59 Å². The largest absolute Gasteiger partial charge is 0.497 e. The topological polar surface area (TPSA) is 67.9 Å². The molecule has 1 N–H and O–H groups in total. The summed E-state index contributed by atoms with van der Waals surface area (Å²) in [6, 6.07) is 14.7. The summed E-state index contributed by atoms with van der Waals surface area (Å²) in [6.45, 7) is 12.4. The van der Waals surface area contributed by atoms with Crippen molar-refractivity contribution in [3.8, 4) is 11.5 Å². The van der Waals surface area contributed by atoms with Crippen molar-refractivity contribution >= 4 is 11.8 Å². The van der Waals surface area contributed by atoms with E-state index in [1.54, 1.807) is 12.0 Å². The first kappa shape index (κ1) is 27.2. The fraction of sp³-hybridized carbons (Fsp3) is 0.500. The van der Waals surface area contributed by atoms with Crippen LogP contribution in [0.3, 0.4) is 0 Å². The van der Waals surface area contributed by atoms with Crippen LogP contribution in [0.1, 0.15) is 65.5 Å². The second-order valence-corrected chi connectivity index (χ2v) is 9.65. The van der Waals surface area contributed by atoms with Crippen LogP contribution in [0.5, 0.6) is 11.5 Å². The summed E-state index contributed by atoms with van der Waals surface area (Å²) >= 11 is 0. The molecule has 0 aliphatic carbocycles. The molecule has 6 nitrogen and oxygen atoms in total. The lowest BCUT2D eigenvalue weighted by Gasteiger charge is -2.31. The van der Waals surface area contributed by atoms with Gasteiger partial charge in [0.25, 0.3) is 5.91 Å². The van der Waals surface area contributed by atoms with Crippen LogP contribution in [0.2, 0.25) is 0 Å². The molecule has 0 heterocycles. The number of nitrogens with zero attached hydrogens (tertiary/aromatic N) is 1. The summed E-state index contributed by atoms with van der Waals surface area (Å²) in [6.07, 6.45) is 1.32. The van der Waals surface area contributed by atoms with Gasteiger partial charge in [0, 0.05) is 12.6 Å². The van der Waals surface area contributed by atoms with E-state index in [0.29, 0.717) is 18.7 Å². The van der Waals surface area contributed by atoms with Gasteiger partial charge in [0.1, 0.15) is 17.5 Å². The van der Waals surface area contributed by atoms with Gasteiger partial charge in [-0.1, -0.05) is 65.0 Å². The summed E-state index contributed by atoms with van der Waals surface area (Å²) in [5, 5.41) is 3.03. The molecule has 0 saturated carbocycles. The van der Waals surface area contributed by atoms with Gasteiger partial charge in [0.15, 0.2) is 6.61 Å². The van der Waals surface area contributed by atoms with E-state index in [4.69, 9.17) is 9.47 Å². The minimum Gasteiger partial charge on any atom is -0.497 e. The molecule has 0 saturated heterocycles. The number of methoxy groups -OCH3 is 1. The van der Waals surface area contributed by atoms with Gasteiger partial charge in [-0.25, -0.2) is 0 Å². The van der Waals surface area contributed by atoms with E-state index in [-0.39, 0.29) is 29.9 Å². The SMILES string of the molecule is CCC(C)NC(=O)C(CC)N(Cc1ccc(OC)cc1)C(=O)COc1ccccc1C(C)(C)C. The standard InChI is InChI=1S/C28H40N2O4/c1-8-20(3)29-27(32)24(9-2)30(18-21-14-16-22(33-7)17-15-21)26(31)19-34-25-13-11-10-12-23(25)28(4,5)6/h10-17,20,24H,8-9,18-19H2,1-7H3,(H,29,32). The minimum atomic E-state index is -0.593. The van der Waals surface area contributed by atoms with Crippen LogP contribution in [0.15, 0.2) is 48.5 Å². The Hall–Kier alpha value is -3.02. The highest BCUT2D eigenvalue weighted by molar-refractivity contribution is 5.88. The molecule has 0 aromatic heterocycles. The van der Waals surface area contributed by atoms with Crippen molar-refractivity contribution in [2.24, 2.45) is 0 Å². The second-order valence-electron chi connectivity index (χ2n) is 9.65. The highest BCUT2D eigenvalue weighted by Crippen LogP contribution is 2.31. The number of ether oxygens (including phenoxy) is 2. The molecule has 2 aromatic rings. The van der Waals surface area contributed by atoms with E-state index >= 15 is 0 Å². The van der Waals surface area contributed by atoms with Gasteiger partial charge < -0.3 is 19.7 Å². The fourth-order valence-corrected chi connectivity index (χ4v) is 3.72. The quantitative estimate of drug-likeness (QED) is 0.499. The van der Waals surface area contributed by atoms with Crippen molar-refractivity contribution in [1.82, 2.24) is 10.2 Å². The van der Waals surface area contributed by atoms with Gasteiger partial charge in [-0.3, -0.25) is 9.59 Å². The highest BCUT2D eigenvalue weighted by atomic mass is 16.5. The number of hydrogen-bond donors (Lipinski definition) is 1. The van der Waals surface area contributed by atoms with E-state index in [1.807, 2.05) is 69.3 Å². The summed E-state index contributed by atoms with van der Waals surface area (Å²) in [5.41, 5.74) is 1.83. The Bertz CT molecular complexity index is 934. The van der Waals surface area contributed by atoms with Crippen molar-refractivity contribution in [2.45, 2.75) is 78.4 Å². The average Bonchev–Trinajstić information content (AvgIpc) is 2.82. The molecular formula is C28H40N2O4. The number of carbonyl (C=O) groups excluding carboxylic acids is 2. The van der Waals surface area contributed by atoms with Crippen LogP contribution >= 0.6 is 0 Å². The predicted molar refractivity (Wildman–Crippen MR) is 136 cm³/mol. The Morgan fingerprint density at radius 1 is 1.00 bits per heavy atom. The Morgan fingerprint density at radius 2 is 1.65 bits per heavy atom. The first-order chi connectivity index (χ1) is 16.1. The first-order valence-electron chi connectivity index (χ1n) is 12.1. The Labute approximate surface area is 204 Å². The maximum Gasteiger partial charge on any atom is 0.261 e. The number of hydrogen-bond acceptors (Lipinski definition) is 4. The zero-order valence-electron chi connectivity index (χ0n) is 21.7. The number of carbonyl (C=O) groups is 2. The number of amides is 2. The smallest absolute Gasteiger partial charge is 0.261 e. The molecule has 2 amide bonds. The van der Waals surface area contributed by atoms with Crippen molar-refractivity contribution in [2.75, 3.05) is 13.7 Å². The maximum absolute atomic E-state index is 13.5. The molecule has 0 spiro atoms. The fourth-order valence-electron chi connectivity index (χ4n) is 3.72. The monoisotopic (exact) mass is 468 g/mol. The van der Waals surface area contributed by atoms with Crippen molar-refractivity contribution in [1.29, 1.82) is 0 Å². The molecular weight excluding hydrogens is 428 g/mol. The van der Waals surface area contributed by atoms with Gasteiger partial charge in [-0.2, -0.15) is 0 Å². The number of nitrogens with one attached hydrogen (secondary N) is 1. The molecule has 2 aromatic carbocycles. The van der Waals surface area contributed by atoms with Gasteiger partial charge >= 0.3 is 0 Å². The third kappa shape index (κ3) is 7.51. The zero-order chi connectivity index (χ0) is 25.3. The zero-order valence-corrected chi connectivity index (χ0v) is 21.7. The molecule has 0 fully saturated rings. The third-order valence-corrected chi connectivity index (χ3v) is 5.95. The van der Waals surface area contributed by atoms with Crippen molar-refractivity contribution in [3.63, 3.8) is 0 Å². The van der Waals surface area contributed by atoms with Crippen LogP contribution in [0.25, 0.3) is 0 Å². The first-order valence-corrected chi connectivity index (χ1v) is 12.1. The molecule has 6 heteroatoms. The normalized spacial score (nSPS) is 13.0. The molecule has 0 bridgehead atoms. The van der Waals surface area contributed by atoms with Crippen LogP contribution in [-0.4, -0.2) is 42.5 Å². The average molecular weight is 469 g/mol. The van der Waals surface area contributed by atoms with Gasteiger partial charge in [0.2, 0.25) is 5.91 Å². The Kier molecular flexibility index (Phi) is 9.97. The molecule has 34 heavy (non-hydrogen) atoms.